The maximum atomic E-state index is 13.5. The van der Waals surface area contributed by atoms with Crippen molar-refractivity contribution in [1.82, 2.24) is 29.9 Å². The largest absolute Gasteiger partial charge is 0.336 e. The van der Waals surface area contributed by atoms with E-state index in [1.807, 2.05) is 49.9 Å². The second-order valence-corrected chi connectivity index (χ2v) is 8.26. The van der Waals surface area contributed by atoms with Crippen molar-refractivity contribution < 1.29 is 4.79 Å². The zero-order valence-electron chi connectivity index (χ0n) is 17.5. The van der Waals surface area contributed by atoms with Gasteiger partial charge in [0, 0.05) is 36.9 Å². The highest BCUT2D eigenvalue weighted by Gasteiger charge is 2.45. The van der Waals surface area contributed by atoms with Gasteiger partial charge in [0.25, 0.3) is 5.91 Å². The number of carbonyl (C=O) groups is 1. The second-order valence-electron chi connectivity index (χ2n) is 8.26. The van der Waals surface area contributed by atoms with Crippen LogP contribution in [0.4, 0.5) is 5.95 Å². The monoisotopic (exact) mass is 403 g/mol. The molecule has 2 aliphatic rings. The minimum absolute atomic E-state index is 0.0256. The molecule has 2 aromatic heterocycles. The molecule has 0 spiro atoms. The molecule has 4 heterocycles. The summed E-state index contributed by atoms with van der Waals surface area (Å²) in [5.41, 5.74) is 4.30. The predicted molar refractivity (Wildman–Crippen MR) is 113 cm³/mol. The van der Waals surface area contributed by atoms with Gasteiger partial charge in [-0.05, 0) is 44.9 Å². The highest BCUT2D eigenvalue weighted by Crippen LogP contribution is 2.36. The number of piperidine rings is 1. The van der Waals surface area contributed by atoms with E-state index in [9.17, 15) is 4.79 Å². The van der Waals surface area contributed by atoms with Gasteiger partial charge in [-0.15, -0.1) is 0 Å². The first-order chi connectivity index (χ1) is 14.5. The molecule has 1 aromatic carbocycles. The Bertz CT molecular complexity index is 1070. The van der Waals surface area contributed by atoms with E-state index < -0.39 is 0 Å². The van der Waals surface area contributed by atoms with Crippen LogP contribution in [0.2, 0.25) is 0 Å². The van der Waals surface area contributed by atoms with Gasteiger partial charge in [0.05, 0.1) is 24.0 Å². The lowest BCUT2D eigenvalue weighted by molar-refractivity contribution is 0.0589. The maximum absolute atomic E-state index is 13.5. The summed E-state index contributed by atoms with van der Waals surface area (Å²) in [6, 6.07) is 8.01. The van der Waals surface area contributed by atoms with Gasteiger partial charge in [-0.1, -0.05) is 12.1 Å². The Hall–Kier alpha value is -3.29. The fraction of sp³-hybridized carbons (Fsp3) is 0.409. The lowest BCUT2D eigenvalue weighted by Gasteiger charge is -2.53. The summed E-state index contributed by atoms with van der Waals surface area (Å²) in [4.78, 5) is 28.5. The molecule has 0 N–H and O–H groups in total. The molecule has 8 heteroatoms. The summed E-state index contributed by atoms with van der Waals surface area (Å²) < 4.78 is 0. The molecular weight excluding hydrogens is 378 g/mol. The fourth-order valence-electron chi connectivity index (χ4n) is 4.65. The van der Waals surface area contributed by atoms with Gasteiger partial charge in [-0.3, -0.25) is 4.79 Å². The van der Waals surface area contributed by atoms with Crippen molar-refractivity contribution in [2.75, 3.05) is 24.5 Å². The first kappa shape index (κ1) is 18.7. The van der Waals surface area contributed by atoms with E-state index in [1.165, 1.54) is 4.80 Å². The minimum atomic E-state index is 0.0256. The molecule has 30 heavy (non-hydrogen) atoms. The van der Waals surface area contributed by atoms with E-state index in [0.29, 0.717) is 18.0 Å². The van der Waals surface area contributed by atoms with E-state index in [-0.39, 0.29) is 11.9 Å². The molecule has 1 amide bonds. The number of hydrogen-bond donors (Lipinski definition) is 0. The number of benzene rings is 1. The van der Waals surface area contributed by atoms with Crippen LogP contribution in [-0.4, -0.2) is 61.4 Å². The van der Waals surface area contributed by atoms with Crippen LogP contribution in [0.5, 0.6) is 0 Å². The van der Waals surface area contributed by atoms with Crippen LogP contribution in [0.15, 0.2) is 36.7 Å². The van der Waals surface area contributed by atoms with E-state index in [4.69, 9.17) is 0 Å². The molecule has 0 unspecified atom stereocenters. The van der Waals surface area contributed by atoms with Crippen LogP contribution >= 0.6 is 0 Å². The Morgan fingerprint density at radius 1 is 1.03 bits per heavy atom. The van der Waals surface area contributed by atoms with Gasteiger partial charge >= 0.3 is 0 Å². The Balaban J connectivity index is 1.40. The molecule has 2 saturated heterocycles. The highest BCUT2D eigenvalue weighted by atomic mass is 16.2. The van der Waals surface area contributed by atoms with Crippen molar-refractivity contribution in [2.45, 2.75) is 33.2 Å². The molecule has 0 bridgehead atoms. The van der Waals surface area contributed by atoms with Crippen molar-refractivity contribution in [1.29, 1.82) is 0 Å². The molecule has 3 aromatic rings. The third-order valence-electron chi connectivity index (χ3n) is 6.15. The number of hydrogen-bond acceptors (Lipinski definition) is 6. The first-order valence-corrected chi connectivity index (χ1v) is 10.4. The number of nitrogens with zero attached hydrogens (tertiary/aromatic N) is 7. The summed E-state index contributed by atoms with van der Waals surface area (Å²) in [7, 11) is 0. The lowest BCUT2D eigenvalue weighted by atomic mass is 9.82. The number of rotatable bonds is 3. The molecule has 0 saturated carbocycles. The van der Waals surface area contributed by atoms with Crippen molar-refractivity contribution in [3.63, 3.8) is 0 Å². The third-order valence-corrected chi connectivity index (χ3v) is 6.15. The molecule has 2 fully saturated rings. The van der Waals surface area contributed by atoms with E-state index in [2.05, 4.69) is 25.1 Å². The Morgan fingerprint density at radius 2 is 1.77 bits per heavy atom. The van der Waals surface area contributed by atoms with Gasteiger partial charge in [-0.2, -0.15) is 15.0 Å². The maximum Gasteiger partial charge on any atom is 0.256 e. The number of carbonyl (C=O) groups excluding carboxylic acids is 1. The van der Waals surface area contributed by atoms with Crippen LogP contribution in [0.3, 0.4) is 0 Å². The molecule has 2 atom stereocenters. The van der Waals surface area contributed by atoms with Crippen LogP contribution < -0.4 is 4.90 Å². The van der Waals surface area contributed by atoms with Gasteiger partial charge in [-0.25, -0.2) is 9.97 Å². The Morgan fingerprint density at radius 3 is 2.50 bits per heavy atom. The smallest absolute Gasteiger partial charge is 0.256 e. The molecule has 0 aliphatic carbocycles. The van der Waals surface area contributed by atoms with Crippen LogP contribution in [0.25, 0.3) is 5.69 Å². The number of amides is 1. The molecule has 0 radical (unpaired) electrons. The fourth-order valence-corrected chi connectivity index (χ4v) is 4.65. The molecule has 2 aliphatic heterocycles. The van der Waals surface area contributed by atoms with E-state index >= 15 is 0 Å². The number of anilines is 1. The highest BCUT2D eigenvalue weighted by molar-refractivity contribution is 5.98. The van der Waals surface area contributed by atoms with E-state index in [1.54, 1.807) is 12.4 Å². The number of aromatic nitrogens is 5. The quantitative estimate of drug-likeness (QED) is 0.668. The number of fused-ring (bicyclic) bond motifs is 1. The molecule has 5 rings (SSSR count). The average Bonchev–Trinajstić information content (AvgIpc) is 3.22. The van der Waals surface area contributed by atoms with Gasteiger partial charge in [0.1, 0.15) is 5.69 Å². The van der Waals surface area contributed by atoms with Crippen LogP contribution in [0.1, 0.15) is 33.7 Å². The third kappa shape index (κ3) is 3.12. The van der Waals surface area contributed by atoms with Gasteiger partial charge in [0.2, 0.25) is 5.95 Å². The van der Waals surface area contributed by atoms with Gasteiger partial charge in [0.15, 0.2) is 0 Å². The van der Waals surface area contributed by atoms with Crippen LogP contribution in [0, 0.1) is 26.7 Å². The van der Waals surface area contributed by atoms with Crippen molar-refractivity contribution in [2.24, 2.45) is 5.92 Å². The van der Waals surface area contributed by atoms with E-state index in [0.717, 1.165) is 48.1 Å². The zero-order chi connectivity index (χ0) is 20.8. The zero-order valence-corrected chi connectivity index (χ0v) is 17.5. The Labute approximate surface area is 175 Å². The number of aryl methyl sites for hydroxylation is 3. The van der Waals surface area contributed by atoms with Gasteiger partial charge < -0.3 is 9.80 Å². The normalized spacial score (nSPS) is 20.6. The SMILES string of the molecule is Cc1cc(C)nc(N2C[C@@H]3CCN(C(=O)c4cccc(C)c4-n4nccn4)C[C@@H]32)n1. The van der Waals surface area contributed by atoms with Crippen molar-refractivity contribution >= 4 is 11.9 Å². The first-order valence-electron chi connectivity index (χ1n) is 10.4. The summed E-state index contributed by atoms with van der Waals surface area (Å²) in [6.45, 7) is 8.37. The lowest BCUT2D eigenvalue weighted by Crippen LogP contribution is -2.65. The van der Waals surface area contributed by atoms with Crippen molar-refractivity contribution in [3.05, 3.63) is 59.2 Å². The summed E-state index contributed by atoms with van der Waals surface area (Å²) in [6.07, 6.45) is 4.25. The topological polar surface area (TPSA) is 80.0 Å². The van der Waals surface area contributed by atoms with Crippen molar-refractivity contribution in [3.8, 4) is 5.69 Å². The summed E-state index contributed by atoms with van der Waals surface area (Å²) >= 11 is 0. The predicted octanol–water partition coefficient (Wildman–Crippen LogP) is 2.33. The second kappa shape index (κ2) is 7.19. The standard InChI is InChI=1S/C22H25N7O/c1-14-5-4-6-18(20(14)29-23-8-9-24-29)21(30)27-10-7-17-12-28(19(17)13-27)22-25-15(2)11-16(3)26-22/h4-6,8-9,11,17,19H,7,10,12-13H2,1-3H3/t17-,19-/m0/s1. The molecule has 8 nitrogen and oxygen atoms in total. The Kier molecular flexibility index (Phi) is 4.49. The number of likely N-dealkylation sites (tertiary alicyclic amines) is 1. The molecular formula is C22H25N7O. The molecule has 154 valence electrons. The number of para-hydroxylation sites is 1. The summed E-state index contributed by atoms with van der Waals surface area (Å²) in [5, 5.41) is 8.50. The average molecular weight is 403 g/mol. The minimum Gasteiger partial charge on any atom is -0.336 e. The van der Waals surface area contributed by atoms with Crippen LogP contribution in [-0.2, 0) is 0 Å². The summed E-state index contributed by atoms with van der Waals surface area (Å²) in [5.74, 6) is 1.39.